The third-order valence-corrected chi connectivity index (χ3v) is 8.96. The van der Waals surface area contributed by atoms with E-state index in [0.717, 1.165) is 11.5 Å². The second-order valence-electron chi connectivity index (χ2n) is 6.29. The van der Waals surface area contributed by atoms with Crippen LogP contribution in [0.25, 0.3) is 0 Å². The molecule has 2 aliphatic heterocycles. The fraction of sp³-hybridized carbons (Fsp3) is 0.529. The van der Waals surface area contributed by atoms with Crippen molar-refractivity contribution < 1.29 is 22.7 Å². The van der Waals surface area contributed by atoms with Gasteiger partial charge in [0.25, 0.3) is 5.91 Å². The molecular formula is C17H21NO5S3. The van der Waals surface area contributed by atoms with Crippen LogP contribution in [-0.4, -0.2) is 56.0 Å². The number of carbonyl (C=O) groups excluding carboxylic acids is 2. The van der Waals surface area contributed by atoms with Crippen molar-refractivity contribution in [3.05, 3.63) is 35.4 Å². The van der Waals surface area contributed by atoms with E-state index in [4.69, 9.17) is 4.74 Å². The summed E-state index contributed by atoms with van der Waals surface area (Å²) in [7, 11) is -3.05. The smallest absolute Gasteiger partial charge is 0.338 e. The maximum absolute atomic E-state index is 12.1. The molecule has 6 nitrogen and oxygen atoms in total. The molecule has 0 radical (unpaired) electrons. The molecule has 9 heteroatoms. The van der Waals surface area contributed by atoms with E-state index in [1.54, 1.807) is 12.1 Å². The third kappa shape index (κ3) is 5.40. The number of nitrogens with one attached hydrogen (secondary N) is 1. The third-order valence-electron chi connectivity index (χ3n) is 4.18. The highest BCUT2D eigenvalue weighted by Gasteiger charge is 2.29. The minimum absolute atomic E-state index is 0.0503. The first-order chi connectivity index (χ1) is 12.4. The largest absolute Gasteiger partial charge is 0.452 e. The Labute approximate surface area is 161 Å². The van der Waals surface area contributed by atoms with Gasteiger partial charge in [0.15, 0.2) is 16.4 Å². The monoisotopic (exact) mass is 415 g/mol. The van der Waals surface area contributed by atoms with E-state index in [-0.39, 0.29) is 11.5 Å². The van der Waals surface area contributed by atoms with Crippen molar-refractivity contribution in [2.75, 3.05) is 29.6 Å². The normalized spacial score (nSPS) is 22.7. The van der Waals surface area contributed by atoms with Crippen LogP contribution in [0.5, 0.6) is 0 Å². The Morgan fingerprint density at radius 2 is 1.85 bits per heavy atom. The molecule has 0 spiro atoms. The standard InChI is InChI=1S/C17H21NO5S3/c19-15(18-14-6-9-26(21,22)11-14)10-23-16(20)12-2-4-13(5-3-12)17-24-7-1-8-25-17/h2-5,14,17H,1,6-11H2,(H,18,19)/t14-/m1/s1. The number of hydrogen-bond donors (Lipinski definition) is 1. The lowest BCUT2D eigenvalue weighted by atomic mass is 10.1. The second-order valence-corrected chi connectivity index (χ2v) is 11.2. The predicted octanol–water partition coefficient (Wildman–Crippen LogP) is 2.02. The van der Waals surface area contributed by atoms with Crippen LogP contribution < -0.4 is 5.32 Å². The van der Waals surface area contributed by atoms with Gasteiger partial charge in [-0.25, -0.2) is 13.2 Å². The molecule has 26 heavy (non-hydrogen) atoms. The van der Waals surface area contributed by atoms with Crippen LogP contribution in [0.4, 0.5) is 0 Å². The molecule has 0 aromatic heterocycles. The SMILES string of the molecule is O=C(COC(=O)c1ccc(C2SCCCS2)cc1)N[C@@H]1CCS(=O)(=O)C1. The lowest BCUT2D eigenvalue weighted by Crippen LogP contribution is -2.38. The topological polar surface area (TPSA) is 89.5 Å². The Morgan fingerprint density at radius 3 is 2.46 bits per heavy atom. The molecular weight excluding hydrogens is 394 g/mol. The molecule has 3 rings (SSSR count). The molecule has 1 aromatic carbocycles. The minimum atomic E-state index is -3.05. The molecule has 0 unspecified atom stereocenters. The van der Waals surface area contributed by atoms with Gasteiger partial charge in [-0.15, -0.1) is 23.5 Å². The minimum Gasteiger partial charge on any atom is -0.452 e. The summed E-state index contributed by atoms with van der Waals surface area (Å²) in [6.45, 7) is -0.411. The summed E-state index contributed by atoms with van der Waals surface area (Å²) in [5.41, 5.74) is 1.58. The number of ether oxygens (including phenoxy) is 1. The highest BCUT2D eigenvalue weighted by Crippen LogP contribution is 2.43. The summed E-state index contributed by atoms with van der Waals surface area (Å²) in [5.74, 6) is 1.30. The average Bonchev–Trinajstić information content (AvgIpc) is 2.99. The number of hydrogen-bond acceptors (Lipinski definition) is 7. The molecule has 142 valence electrons. The number of amides is 1. The van der Waals surface area contributed by atoms with Crippen LogP contribution in [0.1, 0.15) is 33.3 Å². The summed E-state index contributed by atoms with van der Waals surface area (Å²) < 4.78 is 28.2. The lowest BCUT2D eigenvalue weighted by Gasteiger charge is -2.21. The zero-order valence-corrected chi connectivity index (χ0v) is 16.6. The van der Waals surface area contributed by atoms with Crippen LogP contribution in [-0.2, 0) is 19.4 Å². The Balaban J connectivity index is 1.46. The molecule has 0 saturated carbocycles. The lowest BCUT2D eigenvalue weighted by molar-refractivity contribution is -0.124. The zero-order chi connectivity index (χ0) is 18.6. The second kappa shape index (κ2) is 8.67. The summed E-state index contributed by atoms with van der Waals surface area (Å²) in [6.07, 6.45) is 1.63. The van der Waals surface area contributed by atoms with Gasteiger partial charge in [-0.2, -0.15) is 0 Å². The summed E-state index contributed by atoms with van der Waals surface area (Å²) in [5, 5.41) is 2.59. The molecule has 1 aromatic rings. The summed E-state index contributed by atoms with van der Waals surface area (Å²) in [6, 6.07) is 6.89. The maximum atomic E-state index is 12.1. The number of esters is 1. The van der Waals surface area contributed by atoms with Crippen LogP contribution in [0, 0.1) is 0 Å². The molecule has 1 atom stereocenters. The summed E-state index contributed by atoms with van der Waals surface area (Å²) in [4.78, 5) is 23.9. The Morgan fingerprint density at radius 1 is 1.15 bits per heavy atom. The van der Waals surface area contributed by atoms with Crippen LogP contribution in [0.15, 0.2) is 24.3 Å². The molecule has 2 aliphatic rings. The molecule has 0 aliphatic carbocycles. The van der Waals surface area contributed by atoms with Gasteiger partial charge < -0.3 is 10.1 Å². The quantitative estimate of drug-likeness (QED) is 0.736. The van der Waals surface area contributed by atoms with Crippen molar-refractivity contribution in [2.45, 2.75) is 23.5 Å². The number of carbonyl (C=O) groups is 2. The number of benzene rings is 1. The zero-order valence-electron chi connectivity index (χ0n) is 14.2. The fourth-order valence-electron chi connectivity index (χ4n) is 2.85. The van der Waals surface area contributed by atoms with E-state index in [1.165, 1.54) is 12.0 Å². The van der Waals surface area contributed by atoms with Gasteiger partial charge in [0, 0.05) is 6.04 Å². The number of rotatable bonds is 5. The Bertz CT molecular complexity index is 757. The molecule has 1 N–H and O–H groups in total. The van der Waals surface area contributed by atoms with E-state index in [0.29, 0.717) is 16.6 Å². The van der Waals surface area contributed by atoms with Gasteiger partial charge in [-0.3, -0.25) is 4.79 Å². The van der Waals surface area contributed by atoms with Crippen LogP contribution in [0.3, 0.4) is 0 Å². The van der Waals surface area contributed by atoms with Gasteiger partial charge in [0.1, 0.15) is 0 Å². The molecule has 2 heterocycles. The van der Waals surface area contributed by atoms with Gasteiger partial charge in [-0.05, 0) is 42.0 Å². The van der Waals surface area contributed by atoms with Gasteiger partial charge in [0.2, 0.25) is 0 Å². The molecule has 2 fully saturated rings. The first kappa shape index (κ1) is 19.6. The van der Waals surface area contributed by atoms with Crippen LogP contribution in [0.2, 0.25) is 0 Å². The van der Waals surface area contributed by atoms with Crippen molar-refractivity contribution in [2.24, 2.45) is 0 Å². The first-order valence-electron chi connectivity index (χ1n) is 8.43. The van der Waals surface area contributed by atoms with Gasteiger partial charge in [0.05, 0.1) is 21.7 Å². The van der Waals surface area contributed by atoms with Gasteiger partial charge in [-0.1, -0.05) is 12.1 Å². The van der Waals surface area contributed by atoms with Crippen molar-refractivity contribution >= 4 is 45.2 Å². The van der Waals surface area contributed by atoms with E-state index < -0.39 is 34.4 Å². The van der Waals surface area contributed by atoms with E-state index in [1.807, 2.05) is 35.7 Å². The number of thioether (sulfide) groups is 2. The highest BCUT2D eigenvalue weighted by atomic mass is 32.2. The molecule has 0 bridgehead atoms. The maximum Gasteiger partial charge on any atom is 0.338 e. The fourth-order valence-corrected chi connectivity index (χ4v) is 7.42. The highest BCUT2D eigenvalue weighted by molar-refractivity contribution is 8.16. The van der Waals surface area contributed by atoms with Crippen molar-refractivity contribution in [1.29, 1.82) is 0 Å². The van der Waals surface area contributed by atoms with Crippen molar-refractivity contribution in [3.63, 3.8) is 0 Å². The van der Waals surface area contributed by atoms with E-state index in [2.05, 4.69) is 5.32 Å². The average molecular weight is 416 g/mol. The van der Waals surface area contributed by atoms with Gasteiger partial charge >= 0.3 is 5.97 Å². The van der Waals surface area contributed by atoms with E-state index in [9.17, 15) is 18.0 Å². The Kier molecular flexibility index (Phi) is 6.52. The molecule has 1 amide bonds. The predicted molar refractivity (Wildman–Crippen MR) is 104 cm³/mol. The Hall–Kier alpha value is -1.19. The molecule has 2 saturated heterocycles. The summed E-state index contributed by atoms with van der Waals surface area (Å²) >= 11 is 3.82. The van der Waals surface area contributed by atoms with E-state index >= 15 is 0 Å². The van der Waals surface area contributed by atoms with Crippen molar-refractivity contribution in [3.8, 4) is 0 Å². The first-order valence-corrected chi connectivity index (χ1v) is 12.3. The number of sulfone groups is 1. The van der Waals surface area contributed by atoms with Crippen molar-refractivity contribution in [1.82, 2.24) is 5.32 Å². The van der Waals surface area contributed by atoms with Crippen LogP contribution >= 0.6 is 23.5 Å².